The molecule has 1 aliphatic heterocycles. The minimum atomic E-state index is -0.528. The van der Waals surface area contributed by atoms with E-state index < -0.39 is 17.8 Å². The summed E-state index contributed by atoms with van der Waals surface area (Å²) in [5.74, 6) is -1.40. The van der Waals surface area contributed by atoms with Gasteiger partial charge in [-0.3, -0.25) is 19.4 Å². The van der Waals surface area contributed by atoms with E-state index in [2.05, 4.69) is 36.2 Å². The molecule has 11 heteroatoms. The third kappa shape index (κ3) is 4.65. The van der Waals surface area contributed by atoms with Gasteiger partial charge in [-0.05, 0) is 42.5 Å². The largest absolute Gasteiger partial charge is 0.352 e. The van der Waals surface area contributed by atoms with E-state index in [0.717, 1.165) is 23.4 Å². The Kier molecular flexibility index (Phi) is 6.62. The fourth-order valence-electron chi connectivity index (χ4n) is 5.51. The number of carbonyl (C=O) groups excluding carboxylic acids is 3. The van der Waals surface area contributed by atoms with E-state index in [0.29, 0.717) is 18.8 Å². The second kappa shape index (κ2) is 10.00. The molecule has 3 aromatic rings. The van der Waals surface area contributed by atoms with Crippen molar-refractivity contribution in [1.29, 1.82) is 0 Å². The number of nitrogens with zero attached hydrogens (tertiary/aromatic N) is 5. The molecule has 0 spiro atoms. The summed E-state index contributed by atoms with van der Waals surface area (Å²) in [6, 6.07) is 7.26. The Bertz CT molecular complexity index is 1240. The first kappa shape index (κ1) is 23.8. The molecular formula is C25H30N8O3. The number of amides is 2. The average Bonchev–Trinajstić information content (AvgIpc) is 3.49. The van der Waals surface area contributed by atoms with Crippen molar-refractivity contribution in [2.45, 2.75) is 64.1 Å². The number of Topliss-reactive ketones (excluding diaryl/α,β-unsaturated/α-hetero) is 1. The number of pyridine rings is 1. The maximum Gasteiger partial charge on any atom is 0.229 e. The Morgan fingerprint density at radius 2 is 2.11 bits per heavy atom. The Hall–Kier alpha value is -3.89. The molecule has 5 rings (SSSR count). The number of aromatic nitrogens is 6. The zero-order chi connectivity index (χ0) is 25.2. The lowest BCUT2D eigenvalue weighted by Gasteiger charge is -2.33. The normalized spacial score (nSPS) is 22.0. The van der Waals surface area contributed by atoms with Crippen LogP contribution in [0.1, 0.15) is 61.3 Å². The smallest absolute Gasteiger partial charge is 0.229 e. The second-order valence-electron chi connectivity index (χ2n) is 9.90. The SMILES string of the molecule is CC(C)[C@H](C(=O)N[C@H]1CCc2ccn3c2C1C(=O)C[C@H](C(=O)NCc1nn[nH]n1)C3)c1ccccn1. The number of tetrazole rings is 1. The molecule has 36 heavy (non-hydrogen) atoms. The van der Waals surface area contributed by atoms with Gasteiger partial charge in [0, 0.05) is 37.1 Å². The van der Waals surface area contributed by atoms with Crippen molar-refractivity contribution < 1.29 is 14.4 Å². The zero-order valence-electron chi connectivity index (χ0n) is 20.3. The number of ketones is 1. The Morgan fingerprint density at radius 3 is 2.83 bits per heavy atom. The first-order valence-electron chi connectivity index (χ1n) is 12.3. The number of hydrogen-bond acceptors (Lipinski definition) is 7. The fourth-order valence-corrected chi connectivity index (χ4v) is 5.51. The third-order valence-corrected chi connectivity index (χ3v) is 7.19. The Morgan fingerprint density at radius 1 is 1.25 bits per heavy atom. The lowest BCUT2D eigenvalue weighted by molar-refractivity contribution is -0.131. The molecule has 4 atom stereocenters. The number of aromatic amines is 1. The lowest BCUT2D eigenvalue weighted by atomic mass is 9.79. The van der Waals surface area contributed by atoms with Crippen LogP contribution in [0.25, 0.3) is 0 Å². The number of H-pyrrole nitrogens is 1. The van der Waals surface area contributed by atoms with Crippen molar-refractivity contribution in [1.82, 2.24) is 40.8 Å². The van der Waals surface area contributed by atoms with Gasteiger partial charge in [-0.2, -0.15) is 5.21 Å². The Balaban J connectivity index is 1.35. The van der Waals surface area contributed by atoms with Crippen LogP contribution in [0.5, 0.6) is 0 Å². The predicted octanol–water partition coefficient (Wildman–Crippen LogP) is 1.26. The van der Waals surface area contributed by atoms with Crippen LogP contribution in [0.15, 0.2) is 36.7 Å². The standard InChI is InChI=1S/C25H30N8O3/c1-14(2)21(17-5-3-4-9-26-17)25(36)28-18-7-6-15-8-10-33-13-16(11-19(34)22(18)23(15)33)24(35)27-12-20-29-31-32-30-20/h3-5,8-10,14,16,18,21-22H,6-7,11-13H2,1-2H3,(H,27,35)(H,28,36)(H,29,30,31,32)/t16-,18-,21-,22?/m0/s1. The van der Waals surface area contributed by atoms with Gasteiger partial charge in [-0.25, -0.2) is 0 Å². The monoisotopic (exact) mass is 490 g/mol. The fraction of sp³-hybridized carbons (Fsp3) is 0.480. The summed E-state index contributed by atoms with van der Waals surface area (Å²) in [6.45, 7) is 4.53. The number of aryl methyl sites for hydroxylation is 1. The van der Waals surface area contributed by atoms with Gasteiger partial charge in [-0.15, -0.1) is 10.2 Å². The van der Waals surface area contributed by atoms with E-state index in [9.17, 15) is 14.4 Å². The maximum absolute atomic E-state index is 13.6. The van der Waals surface area contributed by atoms with Gasteiger partial charge in [-0.1, -0.05) is 25.1 Å². The van der Waals surface area contributed by atoms with Gasteiger partial charge in [0.15, 0.2) is 5.82 Å². The van der Waals surface area contributed by atoms with Crippen molar-refractivity contribution in [3.05, 3.63) is 59.4 Å². The van der Waals surface area contributed by atoms with Gasteiger partial charge in [0.2, 0.25) is 11.8 Å². The summed E-state index contributed by atoms with van der Waals surface area (Å²) >= 11 is 0. The molecule has 0 saturated heterocycles. The summed E-state index contributed by atoms with van der Waals surface area (Å²) in [5, 5.41) is 19.5. The minimum absolute atomic E-state index is 0.0302. The summed E-state index contributed by atoms with van der Waals surface area (Å²) in [4.78, 5) is 44.5. The van der Waals surface area contributed by atoms with Crippen molar-refractivity contribution in [3.8, 4) is 0 Å². The molecular weight excluding hydrogens is 460 g/mol. The molecule has 1 unspecified atom stereocenters. The van der Waals surface area contributed by atoms with Crippen molar-refractivity contribution in [2.75, 3.05) is 0 Å². The molecule has 0 saturated carbocycles. The summed E-state index contributed by atoms with van der Waals surface area (Å²) < 4.78 is 2.01. The van der Waals surface area contributed by atoms with Crippen LogP contribution in [-0.2, 0) is 33.9 Å². The molecule has 1 aliphatic carbocycles. The first-order valence-corrected chi connectivity index (χ1v) is 12.3. The molecule has 0 fully saturated rings. The van der Waals surface area contributed by atoms with Crippen LogP contribution in [0.3, 0.4) is 0 Å². The average molecular weight is 491 g/mol. The van der Waals surface area contributed by atoms with E-state index in [1.54, 1.807) is 6.20 Å². The van der Waals surface area contributed by atoms with E-state index in [1.165, 1.54) is 0 Å². The van der Waals surface area contributed by atoms with E-state index in [-0.39, 0.29) is 42.5 Å². The van der Waals surface area contributed by atoms with Gasteiger partial charge in [0.05, 0.1) is 30.0 Å². The number of hydrogen-bond donors (Lipinski definition) is 3. The van der Waals surface area contributed by atoms with Crippen molar-refractivity contribution in [2.24, 2.45) is 11.8 Å². The molecule has 0 aromatic carbocycles. The quantitative estimate of drug-likeness (QED) is 0.452. The van der Waals surface area contributed by atoms with Crippen molar-refractivity contribution >= 4 is 17.6 Å². The maximum atomic E-state index is 13.6. The van der Waals surface area contributed by atoms with E-state index in [1.807, 2.05) is 48.9 Å². The van der Waals surface area contributed by atoms with Gasteiger partial charge in [0.1, 0.15) is 5.78 Å². The van der Waals surface area contributed by atoms with E-state index >= 15 is 0 Å². The molecule has 4 heterocycles. The van der Waals surface area contributed by atoms with Crippen LogP contribution >= 0.6 is 0 Å². The highest BCUT2D eigenvalue weighted by Crippen LogP contribution is 2.38. The first-order chi connectivity index (χ1) is 17.4. The number of nitrogens with one attached hydrogen (secondary N) is 3. The topological polar surface area (TPSA) is 148 Å². The van der Waals surface area contributed by atoms with Crippen LogP contribution in [0, 0.1) is 11.8 Å². The highest BCUT2D eigenvalue weighted by molar-refractivity contribution is 5.93. The van der Waals surface area contributed by atoms with Gasteiger partial charge < -0.3 is 15.2 Å². The Labute approximate surface area is 208 Å². The molecule has 3 aromatic heterocycles. The number of carbonyl (C=O) groups is 3. The number of rotatable bonds is 7. The molecule has 2 aliphatic rings. The molecule has 3 N–H and O–H groups in total. The summed E-state index contributed by atoms with van der Waals surface area (Å²) in [6.07, 6.45) is 5.17. The molecule has 188 valence electrons. The van der Waals surface area contributed by atoms with Crippen LogP contribution in [0.2, 0.25) is 0 Å². The molecule has 11 nitrogen and oxygen atoms in total. The van der Waals surface area contributed by atoms with Gasteiger partial charge in [0.25, 0.3) is 0 Å². The molecule has 0 bridgehead atoms. The van der Waals surface area contributed by atoms with E-state index in [4.69, 9.17) is 0 Å². The highest BCUT2D eigenvalue weighted by Gasteiger charge is 2.43. The summed E-state index contributed by atoms with van der Waals surface area (Å²) in [7, 11) is 0. The third-order valence-electron chi connectivity index (χ3n) is 7.19. The van der Waals surface area contributed by atoms with Gasteiger partial charge >= 0.3 is 0 Å². The highest BCUT2D eigenvalue weighted by atomic mass is 16.2. The molecule has 2 amide bonds. The van der Waals surface area contributed by atoms with Crippen LogP contribution < -0.4 is 10.6 Å². The minimum Gasteiger partial charge on any atom is -0.352 e. The van der Waals surface area contributed by atoms with Crippen molar-refractivity contribution in [3.63, 3.8) is 0 Å². The lowest BCUT2D eigenvalue weighted by Crippen LogP contribution is -2.47. The van der Waals surface area contributed by atoms with Crippen LogP contribution in [-0.4, -0.2) is 53.8 Å². The van der Waals surface area contributed by atoms with Crippen LogP contribution in [0.4, 0.5) is 0 Å². The zero-order valence-corrected chi connectivity index (χ0v) is 20.3. The molecule has 0 radical (unpaired) electrons. The predicted molar refractivity (Wildman–Crippen MR) is 128 cm³/mol. The summed E-state index contributed by atoms with van der Waals surface area (Å²) in [5.41, 5.74) is 2.75. The second-order valence-corrected chi connectivity index (χ2v) is 9.90.